The van der Waals surface area contributed by atoms with Gasteiger partial charge < -0.3 is 10.4 Å². The Morgan fingerprint density at radius 3 is 3.00 bits per heavy atom. The number of nitrogens with one attached hydrogen (secondary N) is 1. The van der Waals surface area contributed by atoms with Crippen molar-refractivity contribution in [2.24, 2.45) is 0 Å². The first-order chi connectivity index (χ1) is 8.72. The van der Waals surface area contributed by atoms with E-state index in [0.29, 0.717) is 6.04 Å². The fourth-order valence-corrected chi connectivity index (χ4v) is 2.70. The molecule has 0 saturated heterocycles. The van der Waals surface area contributed by atoms with Crippen LogP contribution in [0.5, 0.6) is 0 Å². The predicted molar refractivity (Wildman–Crippen MR) is 73.6 cm³/mol. The van der Waals surface area contributed by atoms with Crippen molar-refractivity contribution < 1.29 is 5.11 Å². The monoisotopic (exact) mass is 267 g/mol. The van der Waals surface area contributed by atoms with Crippen molar-refractivity contribution in [3.63, 3.8) is 0 Å². The second-order valence-electron chi connectivity index (χ2n) is 5.14. The molecular formula is C13H21N3OS. The second kappa shape index (κ2) is 6.50. The van der Waals surface area contributed by atoms with Crippen molar-refractivity contribution in [3.8, 4) is 0 Å². The number of nitrogens with zero attached hydrogens (tertiary/aromatic N) is 2. The summed E-state index contributed by atoms with van der Waals surface area (Å²) in [6, 6.07) is 2.56. The van der Waals surface area contributed by atoms with Gasteiger partial charge in [0.05, 0.1) is 11.6 Å². The summed E-state index contributed by atoms with van der Waals surface area (Å²) in [6.07, 6.45) is 7.93. The normalized spacial score (nSPS) is 18.6. The zero-order valence-electron chi connectivity index (χ0n) is 10.8. The molecule has 1 fully saturated rings. The Morgan fingerprint density at radius 2 is 2.39 bits per heavy atom. The summed E-state index contributed by atoms with van der Waals surface area (Å²) in [4.78, 5) is 8.08. The minimum absolute atomic E-state index is 0.118. The highest BCUT2D eigenvalue weighted by Gasteiger charge is 2.31. The highest BCUT2D eigenvalue weighted by atomic mass is 32.2. The summed E-state index contributed by atoms with van der Waals surface area (Å²) in [6.45, 7) is 2.32. The summed E-state index contributed by atoms with van der Waals surface area (Å²) in [5.74, 6) is 1.03. The molecule has 1 saturated carbocycles. The first-order valence-corrected chi connectivity index (χ1v) is 7.48. The molecule has 1 aliphatic rings. The maximum atomic E-state index is 9.49. The van der Waals surface area contributed by atoms with Crippen molar-refractivity contribution in [1.29, 1.82) is 0 Å². The van der Waals surface area contributed by atoms with Gasteiger partial charge in [-0.05, 0) is 44.4 Å². The van der Waals surface area contributed by atoms with Crippen LogP contribution in [-0.4, -0.2) is 39.0 Å². The van der Waals surface area contributed by atoms with Gasteiger partial charge in [0.15, 0.2) is 0 Å². The van der Waals surface area contributed by atoms with Gasteiger partial charge in [0.1, 0.15) is 6.33 Å². The molecule has 1 atom stereocenters. The maximum Gasteiger partial charge on any atom is 0.116 e. The number of aromatic nitrogens is 2. The van der Waals surface area contributed by atoms with Crippen LogP contribution in [0, 0.1) is 0 Å². The molecule has 0 aliphatic heterocycles. The third kappa shape index (κ3) is 4.55. The predicted octanol–water partition coefficient (Wildman–Crippen LogP) is 1.85. The zero-order valence-corrected chi connectivity index (χ0v) is 11.6. The van der Waals surface area contributed by atoms with Gasteiger partial charge in [-0.1, -0.05) is 0 Å². The lowest BCUT2D eigenvalue weighted by molar-refractivity contribution is 0.163. The van der Waals surface area contributed by atoms with Crippen molar-refractivity contribution >= 4 is 11.8 Å². The van der Waals surface area contributed by atoms with Gasteiger partial charge in [-0.25, -0.2) is 9.97 Å². The fraction of sp³-hybridized carbons (Fsp3) is 0.692. The van der Waals surface area contributed by atoms with Crippen molar-refractivity contribution in [1.82, 2.24) is 15.3 Å². The molecule has 0 amide bonds. The quantitative estimate of drug-likeness (QED) is 0.428. The van der Waals surface area contributed by atoms with Gasteiger partial charge in [0.25, 0.3) is 0 Å². The van der Waals surface area contributed by atoms with Gasteiger partial charge in [-0.3, -0.25) is 0 Å². The standard InChI is InChI=1S/C13H21N3OS/c1-13(9-17,16-11-3-4-11)6-2-8-18-12-5-7-14-10-15-12/h5,7,10-11,16-17H,2-4,6,8-9H2,1H3. The first-order valence-electron chi connectivity index (χ1n) is 6.49. The van der Waals surface area contributed by atoms with E-state index in [9.17, 15) is 5.11 Å². The van der Waals surface area contributed by atoms with Crippen LogP contribution in [0.4, 0.5) is 0 Å². The molecule has 5 heteroatoms. The number of rotatable bonds is 8. The lowest BCUT2D eigenvalue weighted by Crippen LogP contribution is -2.46. The summed E-state index contributed by atoms with van der Waals surface area (Å²) in [5, 5.41) is 14.0. The van der Waals surface area contributed by atoms with Crippen LogP contribution >= 0.6 is 11.8 Å². The summed E-state index contributed by atoms with van der Waals surface area (Å²) < 4.78 is 0. The molecule has 0 aromatic carbocycles. The third-order valence-corrected chi connectivity index (χ3v) is 4.19. The Morgan fingerprint density at radius 1 is 1.56 bits per heavy atom. The van der Waals surface area contributed by atoms with E-state index < -0.39 is 0 Å². The van der Waals surface area contributed by atoms with Crippen LogP contribution in [0.3, 0.4) is 0 Å². The molecule has 1 aromatic rings. The lowest BCUT2D eigenvalue weighted by Gasteiger charge is -2.29. The van der Waals surface area contributed by atoms with E-state index in [4.69, 9.17) is 0 Å². The number of thioether (sulfide) groups is 1. The van der Waals surface area contributed by atoms with Crippen molar-refractivity contribution in [2.75, 3.05) is 12.4 Å². The van der Waals surface area contributed by atoms with E-state index in [1.807, 2.05) is 6.07 Å². The van der Waals surface area contributed by atoms with E-state index in [0.717, 1.165) is 23.6 Å². The Labute approximate surface area is 113 Å². The van der Waals surface area contributed by atoms with Crippen LogP contribution in [0.15, 0.2) is 23.6 Å². The average molecular weight is 267 g/mol. The molecule has 0 spiro atoms. The van der Waals surface area contributed by atoms with Gasteiger partial charge in [-0.15, -0.1) is 11.8 Å². The zero-order chi connectivity index (χ0) is 12.8. The van der Waals surface area contributed by atoms with Gasteiger partial charge in [0.2, 0.25) is 0 Å². The average Bonchev–Trinajstić information content (AvgIpc) is 3.20. The van der Waals surface area contributed by atoms with Crippen molar-refractivity contribution in [3.05, 3.63) is 18.6 Å². The second-order valence-corrected chi connectivity index (χ2v) is 6.25. The third-order valence-electron chi connectivity index (χ3n) is 3.16. The SMILES string of the molecule is CC(CO)(CCCSc1ccncn1)NC1CC1. The Balaban J connectivity index is 1.67. The van der Waals surface area contributed by atoms with Crippen LogP contribution in [0.1, 0.15) is 32.6 Å². The molecule has 0 bridgehead atoms. The fourth-order valence-electron chi connectivity index (χ4n) is 1.92. The highest BCUT2D eigenvalue weighted by Crippen LogP contribution is 2.25. The molecule has 2 N–H and O–H groups in total. The summed E-state index contributed by atoms with van der Waals surface area (Å²) >= 11 is 1.75. The molecule has 1 heterocycles. The van der Waals surface area contributed by atoms with Gasteiger partial charge in [0, 0.05) is 17.8 Å². The van der Waals surface area contributed by atoms with Crippen molar-refractivity contribution in [2.45, 2.75) is 49.2 Å². The van der Waals surface area contributed by atoms with Crippen LogP contribution in [0.2, 0.25) is 0 Å². The Kier molecular flexibility index (Phi) is 4.97. The number of hydrogen-bond acceptors (Lipinski definition) is 5. The number of aliphatic hydroxyl groups is 1. The Hall–Kier alpha value is -0.650. The van der Waals surface area contributed by atoms with Gasteiger partial charge in [-0.2, -0.15) is 0 Å². The largest absolute Gasteiger partial charge is 0.394 e. The smallest absolute Gasteiger partial charge is 0.116 e. The molecule has 1 aromatic heterocycles. The molecular weight excluding hydrogens is 246 g/mol. The van der Waals surface area contributed by atoms with E-state index in [-0.39, 0.29) is 12.1 Å². The van der Waals surface area contributed by atoms with Crippen LogP contribution < -0.4 is 5.32 Å². The highest BCUT2D eigenvalue weighted by molar-refractivity contribution is 7.99. The molecule has 100 valence electrons. The van der Waals surface area contributed by atoms with E-state index in [2.05, 4.69) is 22.2 Å². The lowest BCUT2D eigenvalue weighted by atomic mass is 9.97. The topological polar surface area (TPSA) is 58.0 Å². The first kappa shape index (κ1) is 13.8. The minimum atomic E-state index is -0.118. The number of aliphatic hydroxyl groups excluding tert-OH is 1. The van der Waals surface area contributed by atoms with Crippen LogP contribution in [-0.2, 0) is 0 Å². The summed E-state index contributed by atoms with van der Waals surface area (Å²) in [5.41, 5.74) is -0.118. The molecule has 1 unspecified atom stereocenters. The van der Waals surface area contributed by atoms with Crippen LogP contribution in [0.25, 0.3) is 0 Å². The minimum Gasteiger partial charge on any atom is -0.394 e. The molecule has 1 aliphatic carbocycles. The Bertz CT molecular complexity index is 359. The molecule has 4 nitrogen and oxygen atoms in total. The van der Waals surface area contributed by atoms with E-state index in [1.54, 1.807) is 24.3 Å². The maximum absolute atomic E-state index is 9.49. The van der Waals surface area contributed by atoms with E-state index in [1.165, 1.54) is 12.8 Å². The molecule has 18 heavy (non-hydrogen) atoms. The number of hydrogen-bond donors (Lipinski definition) is 2. The van der Waals surface area contributed by atoms with E-state index >= 15 is 0 Å². The molecule has 0 radical (unpaired) electrons. The van der Waals surface area contributed by atoms with Gasteiger partial charge >= 0.3 is 0 Å². The molecule has 2 rings (SSSR count). The summed E-state index contributed by atoms with van der Waals surface area (Å²) in [7, 11) is 0.